The van der Waals surface area contributed by atoms with Gasteiger partial charge in [0.25, 0.3) is 0 Å². The fourth-order valence-electron chi connectivity index (χ4n) is 1.30. The number of halogens is 2. The molecule has 0 aliphatic rings. The lowest BCUT2D eigenvalue weighted by Crippen LogP contribution is -2.23. The van der Waals surface area contributed by atoms with Crippen LogP contribution in [0.1, 0.15) is 11.5 Å². The van der Waals surface area contributed by atoms with Crippen molar-refractivity contribution in [2.24, 2.45) is 0 Å². The minimum Gasteiger partial charge on any atom is -0.242 e. The van der Waals surface area contributed by atoms with Gasteiger partial charge in [0.05, 0.1) is 21.0 Å². The smallest absolute Gasteiger partial charge is 0.242 e. The summed E-state index contributed by atoms with van der Waals surface area (Å²) >= 11 is 10.1. The van der Waals surface area contributed by atoms with Crippen LogP contribution in [0.25, 0.3) is 0 Å². The van der Waals surface area contributed by atoms with Crippen molar-refractivity contribution in [2.45, 2.75) is 17.7 Å². The first kappa shape index (κ1) is 14.9. The summed E-state index contributed by atoms with van der Waals surface area (Å²) in [5.41, 5.74) is 0.609. The second-order valence-electron chi connectivity index (χ2n) is 3.61. The lowest BCUT2D eigenvalue weighted by atomic mass is 10.4. The monoisotopic (exact) mass is 381 g/mol. The number of aromatic nitrogens is 2. The van der Waals surface area contributed by atoms with Crippen molar-refractivity contribution < 1.29 is 8.42 Å². The van der Waals surface area contributed by atoms with Crippen LogP contribution in [0.15, 0.2) is 26.3 Å². The van der Waals surface area contributed by atoms with E-state index in [-0.39, 0.29) is 10.8 Å². The standard InChI is InChI=1S/C10H9BrClN3O2S2/c1-6-13-3-2-7(15-6)5-14-19(16,17)9-4-8(12)10(11)18-9/h2-4,14H,5H2,1H3. The van der Waals surface area contributed by atoms with Crippen molar-refractivity contribution in [1.82, 2.24) is 14.7 Å². The topological polar surface area (TPSA) is 72.0 Å². The third-order valence-electron chi connectivity index (χ3n) is 2.16. The number of nitrogens with one attached hydrogen (secondary N) is 1. The number of hydrogen-bond donors (Lipinski definition) is 1. The molecule has 1 N–H and O–H groups in total. The molecule has 2 aromatic heterocycles. The van der Waals surface area contributed by atoms with Crippen LogP contribution in [-0.4, -0.2) is 18.4 Å². The summed E-state index contributed by atoms with van der Waals surface area (Å²) in [5, 5.41) is 0.378. The summed E-state index contributed by atoms with van der Waals surface area (Å²) in [6, 6.07) is 3.07. The third-order valence-corrected chi connectivity index (χ3v) is 6.51. The summed E-state index contributed by atoms with van der Waals surface area (Å²) < 4.78 is 27.3. The van der Waals surface area contributed by atoms with Crippen molar-refractivity contribution in [2.75, 3.05) is 0 Å². The van der Waals surface area contributed by atoms with Gasteiger partial charge in [0.1, 0.15) is 10.0 Å². The van der Waals surface area contributed by atoms with Crippen LogP contribution >= 0.6 is 38.9 Å². The predicted octanol–water partition coefficient (Wildman–Crippen LogP) is 2.74. The van der Waals surface area contributed by atoms with E-state index in [0.717, 1.165) is 11.3 Å². The third kappa shape index (κ3) is 3.73. The number of hydrogen-bond acceptors (Lipinski definition) is 5. The lowest BCUT2D eigenvalue weighted by molar-refractivity contribution is 0.582. The van der Waals surface area contributed by atoms with Crippen LogP contribution in [0.5, 0.6) is 0 Å². The Labute approximate surface area is 128 Å². The molecule has 2 rings (SSSR count). The molecule has 0 unspecified atom stereocenters. The van der Waals surface area contributed by atoms with Crippen LogP contribution in [0.2, 0.25) is 5.02 Å². The van der Waals surface area contributed by atoms with E-state index >= 15 is 0 Å². The van der Waals surface area contributed by atoms with Gasteiger partial charge in [0, 0.05) is 6.20 Å². The molecule has 0 saturated carbocycles. The molecule has 0 fully saturated rings. The molecule has 0 aliphatic heterocycles. The van der Waals surface area contributed by atoms with E-state index in [1.807, 2.05) is 0 Å². The summed E-state index contributed by atoms with van der Waals surface area (Å²) in [7, 11) is -3.58. The summed E-state index contributed by atoms with van der Waals surface area (Å²) in [5.74, 6) is 0.596. The summed E-state index contributed by atoms with van der Waals surface area (Å²) in [6.45, 7) is 1.85. The Bertz CT molecular complexity index is 683. The largest absolute Gasteiger partial charge is 0.250 e. The molecule has 0 amide bonds. The van der Waals surface area contributed by atoms with Gasteiger partial charge in [0.15, 0.2) is 0 Å². The average Bonchev–Trinajstić information content (AvgIpc) is 2.68. The Morgan fingerprint density at radius 3 is 2.84 bits per heavy atom. The minimum atomic E-state index is -3.58. The number of rotatable bonds is 4. The van der Waals surface area contributed by atoms with Crippen molar-refractivity contribution in [3.8, 4) is 0 Å². The van der Waals surface area contributed by atoms with Gasteiger partial charge >= 0.3 is 0 Å². The molecular weight excluding hydrogens is 374 g/mol. The second-order valence-corrected chi connectivity index (χ2v) is 8.38. The van der Waals surface area contributed by atoms with E-state index in [1.165, 1.54) is 6.07 Å². The van der Waals surface area contributed by atoms with E-state index in [4.69, 9.17) is 11.6 Å². The molecule has 19 heavy (non-hydrogen) atoms. The molecule has 0 atom stereocenters. The van der Waals surface area contributed by atoms with Crippen molar-refractivity contribution in [1.29, 1.82) is 0 Å². The zero-order chi connectivity index (χ0) is 14.0. The zero-order valence-corrected chi connectivity index (χ0v) is 13.7. The summed E-state index contributed by atoms with van der Waals surface area (Å²) in [4.78, 5) is 8.07. The first-order chi connectivity index (χ1) is 8.88. The average molecular weight is 383 g/mol. The molecule has 5 nitrogen and oxygen atoms in total. The maximum atomic E-state index is 12.0. The Kier molecular flexibility index (Phi) is 4.57. The molecule has 102 valence electrons. The second kappa shape index (κ2) is 5.84. The molecule has 2 aromatic rings. The number of sulfonamides is 1. The number of aryl methyl sites for hydroxylation is 1. The van der Waals surface area contributed by atoms with Crippen molar-refractivity contribution in [3.63, 3.8) is 0 Å². The van der Waals surface area contributed by atoms with E-state index in [2.05, 4.69) is 30.6 Å². The Morgan fingerprint density at radius 1 is 1.53 bits per heavy atom. The maximum absolute atomic E-state index is 12.0. The van der Waals surface area contributed by atoms with E-state index < -0.39 is 10.0 Å². The van der Waals surface area contributed by atoms with Crippen LogP contribution < -0.4 is 4.72 Å². The molecule has 9 heteroatoms. The first-order valence-corrected chi connectivity index (χ1v) is 8.58. The van der Waals surface area contributed by atoms with Crippen LogP contribution in [0, 0.1) is 6.92 Å². The number of thiophene rings is 1. The molecular formula is C10H9BrClN3O2S2. The van der Waals surface area contributed by atoms with E-state index in [0.29, 0.717) is 20.3 Å². The summed E-state index contributed by atoms with van der Waals surface area (Å²) in [6.07, 6.45) is 1.59. The zero-order valence-electron chi connectivity index (χ0n) is 9.72. The fraction of sp³-hybridized carbons (Fsp3) is 0.200. The highest BCUT2D eigenvalue weighted by molar-refractivity contribution is 9.11. The van der Waals surface area contributed by atoms with Gasteiger partial charge in [-0.15, -0.1) is 11.3 Å². The van der Waals surface area contributed by atoms with Gasteiger partial charge in [-0.3, -0.25) is 0 Å². The first-order valence-electron chi connectivity index (χ1n) is 5.11. The van der Waals surface area contributed by atoms with Gasteiger partial charge in [0.2, 0.25) is 10.0 Å². The highest BCUT2D eigenvalue weighted by Gasteiger charge is 2.18. The Hall–Kier alpha value is -0.540. The quantitative estimate of drug-likeness (QED) is 0.882. The Balaban J connectivity index is 2.14. The minimum absolute atomic E-state index is 0.110. The molecule has 2 heterocycles. The SMILES string of the molecule is Cc1nccc(CNS(=O)(=O)c2cc(Cl)c(Br)s2)n1. The van der Waals surface area contributed by atoms with Gasteiger partial charge < -0.3 is 0 Å². The number of nitrogens with zero attached hydrogens (tertiary/aromatic N) is 2. The van der Waals surface area contributed by atoms with Gasteiger partial charge in [-0.25, -0.2) is 23.1 Å². The van der Waals surface area contributed by atoms with Crippen molar-refractivity contribution in [3.05, 3.63) is 38.7 Å². The van der Waals surface area contributed by atoms with Crippen LogP contribution in [-0.2, 0) is 16.6 Å². The van der Waals surface area contributed by atoms with Gasteiger partial charge in [-0.2, -0.15) is 0 Å². The van der Waals surface area contributed by atoms with Gasteiger partial charge in [-0.1, -0.05) is 11.6 Å². The van der Waals surface area contributed by atoms with Crippen LogP contribution in [0.4, 0.5) is 0 Å². The Morgan fingerprint density at radius 2 is 2.26 bits per heavy atom. The highest BCUT2D eigenvalue weighted by atomic mass is 79.9. The lowest BCUT2D eigenvalue weighted by Gasteiger charge is -2.04. The van der Waals surface area contributed by atoms with Gasteiger partial charge in [-0.05, 0) is 35.0 Å². The molecule has 0 saturated heterocycles. The van der Waals surface area contributed by atoms with E-state index in [9.17, 15) is 8.42 Å². The molecule has 0 aliphatic carbocycles. The molecule has 0 bridgehead atoms. The van der Waals surface area contributed by atoms with Crippen LogP contribution in [0.3, 0.4) is 0 Å². The molecule has 0 aromatic carbocycles. The molecule has 0 spiro atoms. The predicted molar refractivity (Wildman–Crippen MR) is 77.8 cm³/mol. The maximum Gasteiger partial charge on any atom is 0.250 e. The normalized spacial score (nSPS) is 11.7. The highest BCUT2D eigenvalue weighted by Crippen LogP contribution is 2.34. The van der Waals surface area contributed by atoms with Crippen molar-refractivity contribution >= 4 is 48.9 Å². The fourth-order valence-corrected chi connectivity index (χ4v) is 4.74. The van der Waals surface area contributed by atoms with E-state index in [1.54, 1.807) is 19.2 Å². The molecule has 0 radical (unpaired) electrons.